The first-order valence-electron chi connectivity index (χ1n) is 13.7. The fraction of sp³-hybridized carbons (Fsp3) is 0.438. The van der Waals surface area contributed by atoms with Crippen molar-refractivity contribution >= 4 is 17.6 Å². The fourth-order valence-electron chi connectivity index (χ4n) is 7.12. The molecule has 0 bridgehead atoms. The van der Waals surface area contributed by atoms with Gasteiger partial charge in [-0.25, -0.2) is 9.37 Å². The molecule has 6 rings (SSSR count). The molecule has 1 spiro atoms. The Morgan fingerprint density at radius 1 is 1.18 bits per heavy atom. The molecular weight excluding hydrogens is 517 g/mol. The molecule has 1 aromatic heterocycles. The number of aryl methyl sites for hydroxylation is 1. The molecule has 5 nitrogen and oxygen atoms in total. The topological polar surface area (TPSA) is 68.7 Å². The van der Waals surface area contributed by atoms with Crippen LogP contribution in [0.4, 0.5) is 4.39 Å². The first-order chi connectivity index (χ1) is 18.6. The number of nitrogens with zero attached hydrogens (tertiary/aromatic N) is 1. The lowest BCUT2D eigenvalue weighted by Crippen LogP contribution is -2.17. The summed E-state index contributed by atoms with van der Waals surface area (Å²) in [7, 11) is 1.59. The third-order valence-corrected chi connectivity index (χ3v) is 9.64. The average Bonchev–Trinajstić information content (AvgIpc) is 3.36. The minimum Gasteiger partial charge on any atom is -0.486 e. The highest BCUT2D eigenvalue weighted by atomic mass is 35.5. The fourth-order valence-corrected chi connectivity index (χ4v) is 7.32. The first-order valence-corrected chi connectivity index (χ1v) is 14.0. The minimum absolute atomic E-state index is 0.116. The molecule has 2 fully saturated rings. The van der Waals surface area contributed by atoms with Crippen molar-refractivity contribution in [1.82, 2.24) is 4.98 Å². The quantitative estimate of drug-likeness (QED) is 0.327. The average molecular weight is 550 g/mol. The zero-order valence-electron chi connectivity index (χ0n) is 22.5. The molecule has 204 valence electrons. The maximum atomic E-state index is 15.7. The molecule has 1 N–H and O–H groups in total. The Balaban J connectivity index is 1.33. The summed E-state index contributed by atoms with van der Waals surface area (Å²) in [4.78, 5) is 16.3. The largest absolute Gasteiger partial charge is 0.486 e. The van der Waals surface area contributed by atoms with Gasteiger partial charge in [-0.05, 0) is 72.3 Å². The zero-order chi connectivity index (χ0) is 27.5. The van der Waals surface area contributed by atoms with Gasteiger partial charge in [0.05, 0.1) is 23.7 Å². The highest BCUT2D eigenvalue weighted by molar-refractivity contribution is 6.33. The molecule has 3 aliphatic carbocycles. The standard InChI is InChI=1S/C32H33ClFNO4/c1-31(2)13-4-5-22(31)21-15-18(6-8-20(21)29-24(33)9-11-26(35-29)38-3)17-39-25-10-7-19-12-14-32(27(19)28(25)34)16-23(32)30(36)37/h6-11,15,22-23H,4-5,12-14,16-17H2,1-3H3,(H,36,37)/t22-,23+,32-/m0/s1. The normalized spacial score (nSPS) is 24.5. The SMILES string of the molecule is COc1ccc(Cl)c(-c2ccc(COc3ccc4c(c3F)[C@@]3(CC4)C[C@@H]3C(=O)O)cc2[C@@H]2CCCC2(C)C)n1. The Morgan fingerprint density at radius 2 is 2.00 bits per heavy atom. The van der Waals surface area contributed by atoms with Crippen molar-refractivity contribution in [3.63, 3.8) is 0 Å². The maximum absolute atomic E-state index is 15.7. The zero-order valence-corrected chi connectivity index (χ0v) is 23.3. The van der Waals surface area contributed by atoms with E-state index < -0.39 is 23.1 Å². The number of hydrogen-bond acceptors (Lipinski definition) is 4. The maximum Gasteiger partial charge on any atom is 0.307 e. The van der Waals surface area contributed by atoms with Crippen LogP contribution in [0.1, 0.15) is 74.1 Å². The molecule has 3 aromatic rings. The summed E-state index contributed by atoms with van der Waals surface area (Å²) in [6, 6.07) is 13.3. The highest BCUT2D eigenvalue weighted by Gasteiger charge is 2.63. The lowest BCUT2D eigenvalue weighted by molar-refractivity contribution is -0.139. The summed E-state index contributed by atoms with van der Waals surface area (Å²) in [5, 5.41) is 10.1. The van der Waals surface area contributed by atoms with Crippen LogP contribution < -0.4 is 9.47 Å². The monoisotopic (exact) mass is 549 g/mol. The predicted octanol–water partition coefficient (Wildman–Crippen LogP) is 7.71. The smallest absolute Gasteiger partial charge is 0.307 e. The Hall–Kier alpha value is -3.12. The second-order valence-electron chi connectivity index (χ2n) is 12.0. The Kier molecular flexibility index (Phi) is 6.37. The molecule has 39 heavy (non-hydrogen) atoms. The molecule has 2 saturated carbocycles. The number of halogens is 2. The third kappa shape index (κ3) is 4.37. The van der Waals surface area contributed by atoms with Gasteiger partial charge < -0.3 is 14.6 Å². The van der Waals surface area contributed by atoms with Crippen molar-refractivity contribution in [2.75, 3.05) is 7.11 Å². The van der Waals surface area contributed by atoms with Gasteiger partial charge in [-0.15, -0.1) is 0 Å². The van der Waals surface area contributed by atoms with Crippen molar-refractivity contribution in [3.8, 4) is 22.9 Å². The molecule has 3 atom stereocenters. The van der Waals surface area contributed by atoms with Crippen LogP contribution >= 0.6 is 11.6 Å². The minimum atomic E-state index is -0.846. The summed E-state index contributed by atoms with van der Waals surface area (Å²) in [5.74, 6) is -0.766. The van der Waals surface area contributed by atoms with Crippen LogP contribution in [0.2, 0.25) is 5.02 Å². The van der Waals surface area contributed by atoms with Gasteiger partial charge >= 0.3 is 5.97 Å². The van der Waals surface area contributed by atoms with E-state index in [0.717, 1.165) is 41.5 Å². The molecule has 2 aromatic carbocycles. The number of rotatable bonds is 7. The van der Waals surface area contributed by atoms with Crippen LogP contribution in [-0.4, -0.2) is 23.2 Å². The summed E-state index contributed by atoms with van der Waals surface area (Å²) < 4.78 is 27.2. The van der Waals surface area contributed by atoms with Gasteiger partial charge in [0, 0.05) is 22.6 Å². The van der Waals surface area contributed by atoms with E-state index in [1.54, 1.807) is 19.2 Å². The molecule has 0 amide bonds. The van der Waals surface area contributed by atoms with Gasteiger partial charge in [0.25, 0.3) is 0 Å². The number of benzene rings is 2. The molecule has 3 aliphatic rings. The van der Waals surface area contributed by atoms with E-state index in [2.05, 4.69) is 24.9 Å². The number of fused-ring (bicyclic) bond motifs is 2. The molecule has 0 radical (unpaired) electrons. The van der Waals surface area contributed by atoms with Gasteiger partial charge in [0.15, 0.2) is 11.6 Å². The van der Waals surface area contributed by atoms with Crippen molar-refractivity contribution in [3.05, 3.63) is 75.6 Å². The van der Waals surface area contributed by atoms with E-state index in [1.165, 1.54) is 0 Å². The van der Waals surface area contributed by atoms with Crippen LogP contribution in [0.15, 0.2) is 42.5 Å². The van der Waals surface area contributed by atoms with Crippen LogP contribution in [0.25, 0.3) is 11.3 Å². The van der Waals surface area contributed by atoms with E-state index in [0.29, 0.717) is 47.3 Å². The van der Waals surface area contributed by atoms with Crippen molar-refractivity contribution in [2.24, 2.45) is 11.3 Å². The van der Waals surface area contributed by atoms with Gasteiger partial charge in [-0.2, -0.15) is 0 Å². The molecule has 0 saturated heterocycles. The molecule has 0 unspecified atom stereocenters. The van der Waals surface area contributed by atoms with Crippen molar-refractivity contribution < 1.29 is 23.8 Å². The lowest BCUT2D eigenvalue weighted by Gasteiger charge is -2.29. The molecule has 7 heteroatoms. The van der Waals surface area contributed by atoms with Crippen LogP contribution in [0.5, 0.6) is 11.6 Å². The van der Waals surface area contributed by atoms with Gasteiger partial charge in [0.1, 0.15) is 6.61 Å². The second kappa shape index (κ2) is 9.51. The van der Waals surface area contributed by atoms with E-state index in [4.69, 9.17) is 21.1 Å². The number of hydrogen-bond donors (Lipinski definition) is 1. The number of pyridine rings is 1. The van der Waals surface area contributed by atoms with E-state index >= 15 is 4.39 Å². The van der Waals surface area contributed by atoms with Crippen LogP contribution in [0, 0.1) is 17.2 Å². The predicted molar refractivity (Wildman–Crippen MR) is 148 cm³/mol. The van der Waals surface area contributed by atoms with Crippen LogP contribution in [0.3, 0.4) is 0 Å². The Morgan fingerprint density at radius 3 is 2.69 bits per heavy atom. The van der Waals surface area contributed by atoms with Gasteiger partial charge in [-0.3, -0.25) is 4.79 Å². The third-order valence-electron chi connectivity index (χ3n) is 9.33. The van der Waals surface area contributed by atoms with Crippen molar-refractivity contribution in [1.29, 1.82) is 0 Å². The number of aromatic nitrogens is 1. The first kappa shape index (κ1) is 26.1. The highest BCUT2D eigenvalue weighted by Crippen LogP contribution is 2.63. The number of aliphatic carboxylic acids is 1. The van der Waals surface area contributed by atoms with Gasteiger partial charge in [0.2, 0.25) is 5.88 Å². The summed E-state index contributed by atoms with van der Waals surface area (Å²) >= 11 is 6.62. The lowest BCUT2D eigenvalue weighted by atomic mass is 9.75. The number of carboxylic acids is 1. The molecular formula is C32H33ClFNO4. The van der Waals surface area contributed by atoms with E-state index in [1.807, 2.05) is 24.3 Å². The summed E-state index contributed by atoms with van der Waals surface area (Å²) in [6.45, 7) is 4.80. The molecule has 1 heterocycles. The summed E-state index contributed by atoms with van der Waals surface area (Å²) in [6.07, 6.45) is 5.24. The van der Waals surface area contributed by atoms with E-state index in [-0.39, 0.29) is 17.8 Å². The Bertz CT molecular complexity index is 1470. The van der Waals surface area contributed by atoms with E-state index in [9.17, 15) is 9.90 Å². The van der Waals surface area contributed by atoms with Crippen LogP contribution in [-0.2, 0) is 23.2 Å². The second-order valence-corrected chi connectivity index (χ2v) is 12.4. The number of methoxy groups -OCH3 is 1. The number of carboxylic acid groups (broad SMARTS) is 1. The number of carbonyl (C=O) groups is 1. The number of ether oxygens (including phenoxy) is 2. The molecule has 0 aliphatic heterocycles. The van der Waals surface area contributed by atoms with Crippen molar-refractivity contribution in [2.45, 2.75) is 70.3 Å². The summed E-state index contributed by atoms with van der Waals surface area (Å²) in [5.41, 5.74) is 4.75. The van der Waals surface area contributed by atoms with Gasteiger partial charge in [-0.1, -0.05) is 56.1 Å². The Labute approximate surface area is 233 Å².